The van der Waals surface area contributed by atoms with Crippen molar-refractivity contribution in [1.82, 2.24) is 10.5 Å². The third-order valence-electron chi connectivity index (χ3n) is 3.99. The zero-order valence-electron chi connectivity index (χ0n) is 13.3. The molecule has 0 bridgehead atoms. The van der Waals surface area contributed by atoms with Crippen molar-refractivity contribution in [1.29, 1.82) is 0 Å². The summed E-state index contributed by atoms with van der Waals surface area (Å²) in [6, 6.07) is 9.26. The zero-order chi connectivity index (χ0) is 16.4. The summed E-state index contributed by atoms with van der Waals surface area (Å²) in [7, 11) is 3.92. The summed E-state index contributed by atoms with van der Waals surface area (Å²) in [5, 5.41) is 16.6. The average molecular weight is 315 g/mol. The van der Waals surface area contributed by atoms with Crippen molar-refractivity contribution in [3.05, 3.63) is 47.3 Å². The number of rotatable bonds is 6. The predicted molar refractivity (Wildman–Crippen MR) is 86.5 cm³/mol. The maximum atomic E-state index is 12.0. The summed E-state index contributed by atoms with van der Waals surface area (Å²) in [6.45, 7) is 0.131. The molecule has 0 aliphatic heterocycles. The highest BCUT2D eigenvalue weighted by atomic mass is 16.5. The lowest BCUT2D eigenvalue weighted by molar-refractivity contribution is 0.0907. The molecule has 1 aromatic heterocycles. The SMILES string of the molecule is CN(C)c1ccc([C@H](O)CNC(=O)c2cc(C3CC3)on2)cc1. The van der Waals surface area contributed by atoms with E-state index in [4.69, 9.17) is 4.52 Å². The van der Waals surface area contributed by atoms with Gasteiger partial charge in [0, 0.05) is 38.3 Å². The van der Waals surface area contributed by atoms with Gasteiger partial charge < -0.3 is 19.8 Å². The van der Waals surface area contributed by atoms with E-state index in [2.05, 4.69) is 10.5 Å². The van der Waals surface area contributed by atoms with E-state index >= 15 is 0 Å². The van der Waals surface area contributed by atoms with Crippen LogP contribution in [0.3, 0.4) is 0 Å². The molecule has 122 valence electrons. The van der Waals surface area contributed by atoms with Crippen molar-refractivity contribution in [3.63, 3.8) is 0 Å². The van der Waals surface area contributed by atoms with E-state index in [-0.39, 0.29) is 18.1 Å². The highest BCUT2D eigenvalue weighted by Gasteiger charge is 2.28. The summed E-state index contributed by atoms with van der Waals surface area (Å²) >= 11 is 0. The summed E-state index contributed by atoms with van der Waals surface area (Å²) in [6.07, 6.45) is 1.43. The highest BCUT2D eigenvalue weighted by molar-refractivity contribution is 5.92. The van der Waals surface area contributed by atoms with Crippen LogP contribution in [0.25, 0.3) is 0 Å². The third-order valence-corrected chi connectivity index (χ3v) is 3.99. The topological polar surface area (TPSA) is 78.6 Å². The highest BCUT2D eigenvalue weighted by Crippen LogP contribution is 2.40. The lowest BCUT2D eigenvalue weighted by Crippen LogP contribution is -2.28. The van der Waals surface area contributed by atoms with Crippen LogP contribution in [0, 0.1) is 0 Å². The molecule has 1 amide bonds. The second-order valence-corrected chi connectivity index (χ2v) is 6.10. The van der Waals surface area contributed by atoms with Gasteiger partial charge >= 0.3 is 0 Å². The van der Waals surface area contributed by atoms with Gasteiger partial charge in [-0.3, -0.25) is 4.79 Å². The molecule has 1 aliphatic carbocycles. The Balaban J connectivity index is 1.54. The standard InChI is InChI=1S/C17H21N3O3/c1-20(2)13-7-5-11(6-8-13)15(21)10-18-17(22)14-9-16(23-19-14)12-3-4-12/h5-9,12,15,21H,3-4,10H2,1-2H3,(H,18,22)/t15-/m1/s1. The van der Waals surface area contributed by atoms with Crippen LogP contribution < -0.4 is 10.2 Å². The maximum Gasteiger partial charge on any atom is 0.273 e. The van der Waals surface area contributed by atoms with Crippen LogP contribution in [0.4, 0.5) is 5.69 Å². The minimum Gasteiger partial charge on any atom is -0.387 e. The number of nitrogens with one attached hydrogen (secondary N) is 1. The third kappa shape index (κ3) is 3.71. The monoisotopic (exact) mass is 315 g/mol. The molecule has 2 N–H and O–H groups in total. The molecule has 2 aromatic rings. The first kappa shape index (κ1) is 15.6. The lowest BCUT2D eigenvalue weighted by Gasteiger charge is -2.15. The van der Waals surface area contributed by atoms with Crippen molar-refractivity contribution in [2.45, 2.75) is 24.9 Å². The fraction of sp³-hybridized carbons (Fsp3) is 0.412. The molecule has 0 spiro atoms. The number of hydrogen-bond acceptors (Lipinski definition) is 5. The van der Waals surface area contributed by atoms with Crippen LogP contribution in [-0.4, -0.2) is 36.8 Å². The Kier molecular flexibility index (Phi) is 4.34. The zero-order valence-corrected chi connectivity index (χ0v) is 13.3. The van der Waals surface area contributed by atoms with E-state index in [0.29, 0.717) is 5.92 Å². The molecular weight excluding hydrogens is 294 g/mol. The van der Waals surface area contributed by atoms with E-state index in [9.17, 15) is 9.90 Å². The Morgan fingerprint density at radius 1 is 1.39 bits per heavy atom. The largest absolute Gasteiger partial charge is 0.387 e. The van der Waals surface area contributed by atoms with Gasteiger partial charge in [-0.15, -0.1) is 0 Å². The first-order valence-corrected chi connectivity index (χ1v) is 7.75. The molecule has 0 radical (unpaired) electrons. The molecule has 1 fully saturated rings. The van der Waals surface area contributed by atoms with E-state index in [0.717, 1.165) is 29.9 Å². The fourth-order valence-corrected chi connectivity index (χ4v) is 2.35. The minimum atomic E-state index is -0.759. The van der Waals surface area contributed by atoms with Gasteiger partial charge in [0.05, 0.1) is 6.10 Å². The maximum absolute atomic E-state index is 12.0. The summed E-state index contributed by atoms with van der Waals surface area (Å²) in [5.74, 6) is 0.865. The summed E-state index contributed by atoms with van der Waals surface area (Å²) in [4.78, 5) is 14.0. The smallest absolute Gasteiger partial charge is 0.273 e. The minimum absolute atomic E-state index is 0.131. The van der Waals surface area contributed by atoms with E-state index < -0.39 is 6.10 Å². The van der Waals surface area contributed by atoms with Gasteiger partial charge in [-0.05, 0) is 30.5 Å². The van der Waals surface area contributed by atoms with Crippen molar-refractivity contribution >= 4 is 11.6 Å². The van der Waals surface area contributed by atoms with Crippen molar-refractivity contribution in [2.24, 2.45) is 0 Å². The number of benzene rings is 1. The van der Waals surface area contributed by atoms with Crippen molar-refractivity contribution in [3.8, 4) is 0 Å². The molecule has 1 aromatic carbocycles. The molecule has 1 heterocycles. The number of aliphatic hydroxyl groups is 1. The Hall–Kier alpha value is -2.34. The second-order valence-electron chi connectivity index (χ2n) is 6.10. The van der Waals surface area contributed by atoms with Gasteiger partial charge in [-0.25, -0.2) is 0 Å². The molecule has 23 heavy (non-hydrogen) atoms. The normalized spacial score (nSPS) is 15.3. The quantitative estimate of drug-likeness (QED) is 0.853. The number of nitrogens with zero attached hydrogens (tertiary/aromatic N) is 2. The average Bonchev–Trinajstić information content (AvgIpc) is 3.29. The Bertz CT molecular complexity index is 675. The van der Waals surface area contributed by atoms with Crippen LogP contribution in [-0.2, 0) is 0 Å². The summed E-state index contributed by atoms with van der Waals surface area (Å²) < 4.78 is 5.16. The molecule has 0 unspecified atom stereocenters. The van der Waals surface area contributed by atoms with Crippen LogP contribution >= 0.6 is 0 Å². The Morgan fingerprint density at radius 3 is 2.70 bits per heavy atom. The molecule has 0 saturated heterocycles. The van der Waals surface area contributed by atoms with Crippen LogP contribution in [0.2, 0.25) is 0 Å². The van der Waals surface area contributed by atoms with Gasteiger partial charge in [-0.2, -0.15) is 0 Å². The predicted octanol–water partition coefficient (Wildman–Crippen LogP) is 2.08. The number of anilines is 1. The molecule has 6 heteroatoms. The van der Waals surface area contributed by atoms with Crippen LogP contribution in [0.1, 0.15) is 46.7 Å². The number of carbonyl (C=O) groups is 1. The van der Waals surface area contributed by atoms with Gasteiger partial charge in [0.1, 0.15) is 5.76 Å². The molecule has 3 rings (SSSR count). The number of aromatic nitrogens is 1. The molecule has 1 aliphatic rings. The van der Waals surface area contributed by atoms with Crippen LogP contribution in [0.5, 0.6) is 0 Å². The first-order valence-electron chi connectivity index (χ1n) is 7.75. The van der Waals surface area contributed by atoms with Gasteiger partial charge in [0.15, 0.2) is 5.69 Å². The molecular formula is C17H21N3O3. The fourth-order valence-electron chi connectivity index (χ4n) is 2.35. The van der Waals surface area contributed by atoms with Gasteiger partial charge in [0.25, 0.3) is 5.91 Å². The molecule has 1 atom stereocenters. The number of carbonyl (C=O) groups excluding carboxylic acids is 1. The van der Waals surface area contributed by atoms with Crippen molar-refractivity contribution in [2.75, 3.05) is 25.5 Å². The lowest BCUT2D eigenvalue weighted by atomic mass is 10.1. The van der Waals surface area contributed by atoms with Gasteiger partial charge in [-0.1, -0.05) is 17.3 Å². The van der Waals surface area contributed by atoms with E-state index in [1.165, 1.54) is 0 Å². The number of hydrogen-bond donors (Lipinski definition) is 2. The Morgan fingerprint density at radius 2 is 2.09 bits per heavy atom. The number of amides is 1. The van der Waals surface area contributed by atoms with Gasteiger partial charge in [0.2, 0.25) is 0 Å². The second kappa shape index (κ2) is 6.42. The first-order chi connectivity index (χ1) is 11.0. The van der Waals surface area contributed by atoms with Crippen LogP contribution in [0.15, 0.2) is 34.9 Å². The summed E-state index contributed by atoms with van der Waals surface area (Å²) in [5.41, 5.74) is 2.08. The molecule has 6 nitrogen and oxygen atoms in total. The van der Waals surface area contributed by atoms with E-state index in [1.807, 2.05) is 43.3 Å². The number of aliphatic hydroxyl groups excluding tert-OH is 1. The molecule has 1 saturated carbocycles. The Labute approximate surface area is 135 Å². The van der Waals surface area contributed by atoms with E-state index in [1.54, 1.807) is 6.07 Å². The van der Waals surface area contributed by atoms with Crippen molar-refractivity contribution < 1.29 is 14.4 Å².